The third kappa shape index (κ3) is 1.98. The van der Waals surface area contributed by atoms with Crippen LogP contribution in [0.2, 0.25) is 0 Å². The molecule has 0 spiro atoms. The van der Waals surface area contributed by atoms with E-state index in [9.17, 15) is 10.2 Å². The first-order valence-electron chi connectivity index (χ1n) is 6.01. The molecule has 2 aromatic heterocycles. The Hall–Kier alpha value is -1.26. The third-order valence-electron chi connectivity index (χ3n) is 3.32. The minimum atomic E-state index is -1.15. The van der Waals surface area contributed by atoms with Crippen molar-refractivity contribution < 1.29 is 20.1 Å². The lowest BCUT2D eigenvalue weighted by atomic mass is 10.1. The summed E-state index contributed by atoms with van der Waals surface area (Å²) in [6, 6.07) is 0. The number of hydrogen-bond acceptors (Lipinski definition) is 8. The maximum atomic E-state index is 10.1. The Morgan fingerprint density at radius 1 is 1.30 bits per heavy atom. The van der Waals surface area contributed by atoms with Crippen LogP contribution in [0.3, 0.4) is 0 Å². The summed E-state index contributed by atoms with van der Waals surface area (Å²) in [5, 5.41) is 29.7. The van der Waals surface area contributed by atoms with Crippen LogP contribution in [0.5, 0.6) is 0 Å². The Labute approximate surface area is 118 Å². The molecule has 9 heteroatoms. The van der Waals surface area contributed by atoms with Crippen LogP contribution in [0, 0.1) is 0 Å². The molecule has 1 aliphatic rings. The monoisotopic (exact) mass is 298 g/mol. The van der Waals surface area contributed by atoms with Crippen LogP contribution in [-0.4, -0.2) is 66.0 Å². The summed E-state index contributed by atoms with van der Waals surface area (Å²) in [6.07, 6.45) is 0.821. The first kappa shape index (κ1) is 13.7. The van der Waals surface area contributed by atoms with Crippen molar-refractivity contribution in [2.24, 2.45) is 0 Å². The van der Waals surface area contributed by atoms with Crippen molar-refractivity contribution in [2.75, 3.05) is 12.9 Å². The van der Waals surface area contributed by atoms with E-state index in [1.807, 2.05) is 6.26 Å². The van der Waals surface area contributed by atoms with E-state index in [-0.39, 0.29) is 6.61 Å². The van der Waals surface area contributed by atoms with Crippen molar-refractivity contribution in [3.63, 3.8) is 0 Å². The number of aliphatic hydroxyl groups excluding tert-OH is 3. The van der Waals surface area contributed by atoms with E-state index in [2.05, 4.69) is 15.0 Å². The van der Waals surface area contributed by atoms with Crippen molar-refractivity contribution in [1.82, 2.24) is 19.5 Å². The van der Waals surface area contributed by atoms with Crippen LogP contribution in [0.25, 0.3) is 11.2 Å². The van der Waals surface area contributed by atoms with Gasteiger partial charge in [0.1, 0.15) is 35.2 Å². The fraction of sp³-hybridized carbons (Fsp3) is 0.545. The number of ether oxygens (including phenoxy) is 1. The molecule has 0 bridgehead atoms. The van der Waals surface area contributed by atoms with Crippen LogP contribution in [0.4, 0.5) is 0 Å². The van der Waals surface area contributed by atoms with E-state index in [0.29, 0.717) is 16.2 Å². The highest BCUT2D eigenvalue weighted by Crippen LogP contribution is 2.33. The lowest BCUT2D eigenvalue weighted by Crippen LogP contribution is -2.33. The molecule has 3 heterocycles. The minimum Gasteiger partial charge on any atom is -0.394 e. The smallest absolute Gasteiger partial charge is 0.182 e. The molecule has 0 unspecified atom stereocenters. The minimum absolute atomic E-state index is 0.368. The number of fused-ring (bicyclic) bond motifs is 1. The van der Waals surface area contributed by atoms with Gasteiger partial charge in [-0.2, -0.15) is 0 Å². The molecule has 0 amide bonds. The molecule has 0 radical (unpaired) electrons. The van der Waals surface area contributed by atoms with Crippen molar-refractivity contribution in [1.29, 1.82) is 0 Å². The lowest BCUT2D eigenvalue weighted by molar-refractivity contribution is -0.0510. The second-order valence-electron chi connectivity index (χ2n) is 4.44. The summed E-state index contributed by atoms with van der Waals surface area (Å²) in [5.41, 5.74) is 1.12. The lowest BCUT2D eigenvalue weighted by Gasteiger charge is -2.17. The van der Waals surface area contributed by atoms with Crippen LogP contribution >= 0.6 is 11.8 Å². The van der Waals surface area contributed by atoms with Gasteiger partial charge in [0.05, 0.1) is 12.9 Å². The van der Waals surface area contributed by atoms with Gasteiger partial charge in [-0.3, -0.25) is 4.57 Å². The van der Waals surface area contributed by atoms with E-state index >= 15 is 0 Å². The van der Waals surface area contributed by atoms with Gasteiger partial charge < -0.3 is 20.1 Å². The zero-order chi connectivity index (χ0) is 14.3. The SMILES string of the molecule is CSc1ncnc2ncn([C@@H]3O[C@@H](CO)[C@@H](O)[C@@H]3O)c12. The van der Waals surface area contributed by atoms with Crippen LogP contribution in [0.1, 0.15) is 6.23 Å². The van der Waals surface area contributed by atoms with Gasteiger partial charge in [0.2, 0.25) is 0 Å². The summed E-state index contributed by atoms with van der Waals surface area (Å²) in [4.78, 5) is 12.4. The maximum Gasteiger partial charge on any atom is 0.182 e. The predicted molar refractivity (Wildman–Crippen MR) is 70.1 cm³/mol. The number of imidazole rings is 1. The molecular formula is C11H14N4O4S. The van der Waals surface area contributed by atoms with Crippen LogP contribution in [0.15, 0.2) is 17.7 Å². The number of thioether (sulfide) groups is 1. The quantitative estimate of drug-likeness (QED) is 0.496. The average molecular weight is 298 g/mol. The molecule has 1 aliphatic heterocycles. The predicted octanol–water partition coefficient (Wildman–Crippen LogP) is -0.840. The van der Waals surface area contributed by atoms with E-state index in [4.69, 9.17) is 9.84 Å². The average Bonchev–Trinajstić information content (AvgIpc) is 3.01. The Kier molecular flexibility index (Phi) is 3.61. The van der Waals surface area contributed by atoms with Gasteiger partial charge in [0.25, 0.3) is 0 Å². The van der Waals surface area contributed by atoms with Gasteiger partial charge in [-0.15, -0.1) is 11.8 Å². The number of nitrogens with zero attached hydrogens (tertiary/aromatic N) is 4. The first-order chi connectivity index (χ1) is 9.67. The highest BCUT2D eigenvalue weighted by molar-refractivity contribution is 7.98. The fourth-order valence-corrected chi connectivity index (χ4v) is 2.84. The number of rotatable bonds is 3. The summed E-state index contributed by atoms with van der Waals surface area (Å²) < 4.78 is 7.08. The second kappa shape index (κ2) is 5.26. The van der Waals surface area contributed by atoms with Crippen molar-refractivity contribution >= 4 is 22.9 Å². The first-order valence-corrected chi connectivity index (χ1v) is 7.23. The number of aromatic nitrogens is 4. The van der Waals surface area contributed by atoms with Gasteiger partial charge in [0, 0.05) is 0 Å². The zero-order valence-electron chi connectivity index (χ0n) is 10.6. The van der Waals surface area contributed by atoms with Crippen LogP contribution in [-0.2, 0) is 4.74 Å². The van der Waals surface area contributed by atoms with Gasteiger partial charge in [-0.1, -0.05) is 0 Å². The Balaban J connectivity index is 2.07. The van der Waals surface area contributed by atoms with Crippen molar-refractivity contribution in [2.45, 2.75) is 29.6 Å². The molecule has 0 aliphatic carbocycles. The standard InChI is InChI=1S/C11H14N4O4S/c1-20-10-6-9(12-3-13-10)14-4-15(6)11-8(18)7(17)5(2-16)19-11/h3-5,7-8,11,16-18H,2H2,1H3/t5-,7+,8-,11+/m0/s1. The molecule has 3 N–H and O–H groups in total. The third-order valence-corrected chi connectivity index (χ3v) is 4.00. The Bertz CT molecular complexity index is 621. The highest BCUT2D eigenvalue weighted by atomic mass is 32.2. The molecule has 20 heavy (non-hydrogen) atoms. The maximum absolute atomic E-state index is 10.1. The van der Waals surface area contributed by atoms with Gasteiger partial charge >= 0.3 is 0 Å². The van der Waals surface area contributed by atoms with E-state index in [1.54, 1.807) is 4.57 Å². The zero-order valence-corrected chi connectivity index (χ0v) is 11.4. The Morgan fingerprint density at radius 3 is 2.75 bits per heavy atom. The topological polar surface area (TPSA) is 114 Å². The van der Waals surface area contributed by atoms with Crippen LogP contribution < -0.4 is 0 Å². The largest absolute Gasteiger partial charge is 0.394 e. The van der Waals surface area contributed by atoms with E-state index in [1.165, 1.54) is 24.4 Å². The molecule has 4 atom stereocenters. The molecule has 2 aromatic rings. The van der Waals surface area contributed by atoms with Gasteiger partial charge in [-0.05, 0) is 6.26 Å². The molecule has 1 saturated heterocycles. The number of hydrogen-bond donors (Lipinski definition) is 3. The Morgan fingerprint density at radius 2 is 2.10 bits per heavy atom. The molecule has 1 fully saturated rings. The van der Waals surface area contributed by atoms with Gasteiger partial charge in [0.15, 0.2) is 11.9 Å². The van der Waals surface area contributed by atoms with Crippen molar-refractivity contribution in [3.05, 3.63) is 12.7 Å². The van der Waals surface area contributed by atoms with E-state index in [0.717, 1.165) is 0 Å². The molecule has 0 saturated carbocycles. The molecular weight excluding hydrogens is 284 g/mol. The molecule has 108 valence electrons. The second-order valence-corrected chi connectivity index (χ2v) is 5.23. The molecule has 3 rings (SSSR count). The fourth-order valence-electron chi connectivity index (χ4n) is 2.30. The number of aliphatic hydroxyl groups is 3. The molecule has 8 nitrogen and oxygen atoms in total. The van der Waals surface area contributed by atoms with Crippen molar-refractivity contribution in [3.8, 4) is 0 Å². The summed E-state index contributed by atoms with van der Waals surface area (Å²) in [6.45, 7) is -0.368. The van der Waals surface area contributed by atoms with Gasteiger partial charge in [-0.25, -0.2) is 15.0 Å². The summed E-state index contributed by atoms with van der Waals surface area (Å²) in [5.74, 6) is 0. The normalized spacial score (nSPS) is 30.2. The summed E-state index contributed by atoms with van der Waals surface area (Å²) in [7, 11) is 0. The van der Waals surface area contributed by atoms with E-state index < -0.39 is 24.5 Å². The summed E-state index contributed by atoms with van der Waals surface area (Å²) >= 11 is 1.42. The highest BCUT2D eigenvalue weighted by Gasteiger charge is 2.44. The molecule has 0 aromatic carbocycles.